The molecule has 1 aliphatic rings. The molecule has 0 saturated heterocycles. The van der Waals surface area contributed by atoms with Crippen molar-refractivity contribution < 1.29 is 31.5 Å². The van der Waals surface area contributed by atoms with E-state index in [-0.39, 0.29) is 28.8 Å². The van der Waals surface area contributed by atoms with Crippen LogP contribution in [-0.2, 0) is 4.79 Å². The molecule has 0 spiro atoms. The van der Waals surface area contributed by atoms with Gasteiger partial charge in [-0.3, -0.25) is 4.79 Å². The number of hydrogen-bond acceptors (Lipinski definition) is 6. The maximum absolute atomic E-state index is 14.8. The van der Waals surface area contributed by atoms with E-state index in [4.69, 9.17) is 4.74 Å². The van der Waals surface area contributed by atoms with Gasteiger partial charge in [-0.15, -0.1) is 0 Å². The number of hydrogen-bond donors (Lipinski definition) is 1. The van der Waals surface area contributed by atoms with Crippen LogP contribution in [0.5, 0.6) is 5.88 Å². The lowest BCUT2D eigenvalue weighted by Gasteiger charge is -2.26. The number of benzene rings is 1. The molecule has 4 rings (SSSR count). The average molecular weight is 536 g/mol. The summed E-state index contributed by atoms with van der Waals surface area (Å²) in [5, 5.41) is 3.47. The zero-order valence-electron chi connectivity index (χ0n) is 20.9. The highest BCUT2D eigenvalue weighted by molar-refractivity contribution is 5.91. The predicted molar refractivity (Wildman–Crippen MR) is 132 cm³/mol. The van der Waals surface area contributed by atoms with Crippen LogP contribution >= 0.6 is 0 Å². The highest BCUT2D eigenvalue weighted by Gasteiger charge is 2.23. The van der Waals surface area contributed by atoms with E-state index in [1.807, 2.05) is 0 Å². The summed E-state index contributed by atoms with van der Waals surface area (Å²) in [5.41, 5.74) is 0.667. The van der Waals surface area contributed by atoms with Crippen LogP contribution in [0.1, 0.15) is 55.3 Å². The number of nitrogens with zero attached hydrogens (tertiary/aromatic N) is 4. The number of amides is 1. The number of fused-ring (bicyclic) bond motifs is 1. The first-order chi connectivity index (χ1) is 18.0. The highest BCUT2D eigenvalue weighted by atomic mass is 19.3. The van der Waals surface area contributed by atoms with Gasteiger partial charge in [0.15, 0.2) is 12.3 Å². The van der Waals surface area contributed by atoms with Gasteiger partial charge in [-0.05, 0) is 31.9 Å². The first-order valence-corrected chi connectivity index (χ1v) is 11.9. The van der Waals surface area contributed by atoms with Crippen molar-refractivity contribution in [3.05, 3.63) is 58.7 Å². The van der Waals surface area contributed by atoms with Gasteiger partial charge in [0, 0.05) is 31.1 Å². The summed E-state index contributed by atoms with van der Waals surface area (Å²) in [7, 11) is 0. The summed E-state index contributed by atoms with van der Waals surface area (Å²) in [6, 6.07) is 4.68. The lowest BCUT2D eigenvalue weighted by Crippen LogP contribution is -2.32. The molecule has 1 amide bonds. The van der Waals surface area contributed by atoms with Crippen LogP contribution < -0.4 is 10.1 Å². The molecular formula is C26H26F5N5O2. The van der Waals surface area contributed by atoms with E-state index in [1.54, 1.807) is 30.9 Å². The Morgan fingerprint density at radius 2 is 1.89 bits per heavy atom. The van der Waals surface area contributed by atoms with Crippen molar-refractivity contribution in [2.75, 3.05) is 25.0 Å². The zero-order chi connectivity index (χ0) is 27.6. The Hall–Kier alpha value is -3.83. The van der Waals surface area contributed by atoms with Crippen molar-refractivity contribution in [2.45, 2.75) is 46.1 Å². The summed E-state index contributed by atoms with van der Waals surface area (Å²) in [6.45, 7) is 4.56. The van der Waals surface area contributed by atoms with Gasteiger partial charge >= 0.3 is 0 Å². The first kappa shape index (κ1) is 27.2. The molecule has 12 heteroatoms. The molecule has 7 nitrogen and oxygen atoms in total. The first-order valence-electron chi connectivity index (χ1n) is 11.9. The molecule has 3 heterocycles. The number of rotatable bonds is 8. The summed E-state index contributed by atoms with van der Waals surface area (Å²) in [6.07, 6.45) is -3.45. The van der Waals surface area contributed by atoms with Gasteiger partial charge in [-0.2, -0.15) is 4.98 Å². The van der Waals surface area contributed by atoms with E-state index in [1.165, 1.54) is 19.1 Å². The fourth-order valence-electron chi connectivity index (χ4n) is 4.29. The van der Waals surface area contributed by atoms with Crippen LogP contribution in [0.25, 0.3) is 16.6 Å². The summed E-state index contributed by atoms with van der Waals surface area (Å²) < 4.78 is 72.5. The minimum atomic E-state index is -2.97. The minimum Gasteiger partial charge on any atom is -0.471 e. The van der Waals surface area contributed by atoms with E-state index in [9.17, 15) is 26.7 Å². The molecule has 3 aromatic rings. The number of alkyl halides is 4. The van der Waals surface area contributed by atoms with Crippen LogP contribution in [-0.4, -0.2) is 51.9 Å². The third-order valence-corrected chi connectivity index (χ3v) is 6.22. The van der Waals surface area contributed by atoms with Crippen molar-refractivity contribution in [1.29, 1.82) is 0 Å². The molecule has 1 atom stereocenters. The smallest absolute Gasteiger partial charge is 0.272 e. The molecule has 1 N–H and O–H groups in total. The Labute approximate surface area is 215 Å². The number of halogens is 5. The number of carbonyl (C=O) groups excluding carboxylic acids is 1. The summed E-state index contributed by atoms with van der Waals surface area (Å²) in [4.78, 5) is 26.5. The molecule has 202 valence electrons. The topological polar surface area (TPSA) is 80.2 Å². The van der Waals surface area contributed by atoms with Gasteiger partial charge in [-0.25, -0.2) is 31.9 Å². The maximum Gasteiger partial charge on any atom is 0.272 e. The molecule has 0 fully saturated rings. The maximum atomic E-state index is 14.8. The second-order valence-electron chi connectivity index (χ2n) is 8.90. The molecule has 1 aliphatic heterocycles. The quantitative estimate of drug-likeness (QED) is 0.364. The number of anilines is 1. The Kier molecular flexibility index (Phi) is 8.08. The Morgan fingerprint density at radius 1 is 1.16 bits per heavy atom. The van der Waals surface area contributed by atoms with Crippen LogP contribution in [0.4, 0.5) is 27.8 Å². The van der Waals surface area contributed by atoms with Crippen LogP contribution in [0, 0.1) is 12.7 Å². The lowest BCUT2D eigenvalue weighted by atomic mass is 9.99. The van der Waals surface area contributed by atoms with E-state index in [0.717, 1.165) is 11.6 Å². The van der Waals surface area contributed by atoms with Crippen molar-refractivity contribution in [2.24, 2.45) is 0 Å². The number of ether oxygens (including phenoxy) is 1. The molecule has 0 bridgehead atoms. The SMILES string of the molecule is CC(=O)N1CC=C(c2cc3c(NC(C)c4cccc(C(F)F)c4F)nc(C)nc3nc2OCC(F)F)CC1. The van der Waals surface area contributed by atoms with Crippen molar-refractivity contribution in [3.8, 4) is 5.88 Å². The van der Waals surface area contributed by atoms with Gasteiger partial charge < -0.3 is 15.0 Å². The highest BCUT2D eigenvalue weighted by Crippen LogP contribution is 2.35. The number of nitrogens with one attached hydrogen (secondary N) is 1. The normalized spacial score (nSPS) is 14.7. The van der Waals surface area contributed by atoms with Gasteiger partial charge in [0.2, 0.25) is 11.8 Å². The predicted octanol–water partition coefficient (Wildman–Crippen LogP) is 5.86. The average Bonchev–Trinajstić information content (AvgIpc) is 2.86. The number of pyridine rings is 1. The molecule has 1 unspecified atom stereocenters. The van der Waals surface area contributed by atoms with E-state index >= 15 is 0 Å². The Balaban J connectivity index is 1.78. The summed E-state index contributed by atoms with van der Waals surface area (Å²) in [5.74, 6) is -0.575. The lowest BCUT2D eigenvalue weighted by molar-refractivity contribution is -0.128. The van der Waals surface area contributed by atoms with Crippen LogP contribution in [0.15, 0.2) is 30.3 Å². The molecule has 0 radical (unpaired) electrons. The summed E-state index contributed by atoms with van der Waals surface area (Å²) >= 11 is 0. The van der Waals surface area contributed by atoms with E-state index in [0.29, 0.717) is 36.3 Å². The van der Waals surface area contributed by atoms with Crippen LogP contribution in [0.3, 0.4) is 0 Å². The van der Waals surface area contributed by atoms with Gasteiger partial charge in [-0.1, -0.05) is 24.3 Å². The standard InChI is InChI=1S/C26H26F5N5O2/c1-13(17-5-4-6-18(22(17)29)23(30)31)32-24-20-11-19(16-7-9-36(10-8-16)15(3)37)26(38-12-21(27)28)35-25(20)34-14(2)33-24/h4-7,11,13,21,23H,8-10,12H2,1-3H3,(H,32,33,34,35). The Morgan fingerprint density at radius 3 is 2.53 bits per heavy atom. The molecule has 38 heavy (non-hydrogen) atoms. The Bertz CT molecular complexity index is 1380. The fourth-order valence-corrected chi connectivity index (χ4v) is 4.29. The van der Waals surface area contributed by atoms with E-state index in [2.05, 4.69) is 20.3 Å². The van der Waals surface area contributed by atoms with Gasteiger partial charge in [0.1, 0.15) is 17.5 Å². The van der Waals surface area contributed by atoms with E-state index < -0.39 is 36.9 Å². The fraction of sp³-hybridized carbons (Fsp3) is 0.385. The molecule has 0 saturated carbocycles. The molecule has 0 aliphatic carbocycles. The second kappa shape index (κ2) is 11.3. The molecule has 1 aromatic carbocycles. The minimum absolute atomic E-state index is 0.0246. The third-order valence-electron chi connectivity index (χ3n) is 6.22. The zero-order valence-corrected chi connectivity index (χ0v) is 20.9. The number of aryl methyl sites for hydroxylation is 1. The molecular weight excluding hydrogens is 509 g/mol. The largest absolute Gasteiger partial charge is 0.471 e. The van der Waals surface area contributed by atoms with Crippen molar-refractivity contribution >= 4 is 28.3 Å². The van der Waals surface area contributed by atoms with Crippen LogP contribution in [0.2, 0.25) is 0 Å². The number of aromatic nitrogens is 3. The third kappa shape index (κ3) is 5.84. The van der Waals surface area contributed by atoms with Crippen molar-refractivity contribution in [3.63, 3.8) is 0 Å². The van der Waals surface area contributed by atoms with Gasteiger partial charge in [0.25, 0.3) is 12.9 Å². The van der Waals surface area contributed by atoms with Gasteiger partial charge in [0.05, 0.1) is 17.0 Å². The molecule has 2 aromatic heterocycles. The monoisotopic (exact) mass is 535 g/mol. The second-order valence-corrected chi connectivity index (χ2v) is 8.90. The van der Waals surface area contributed by atoms with Crippen molar-refractivity contribution in [1.82, 2.24) is 19.9 Å². The number of carbonyl (C=O) groups is 1.